The van der Waals surface area contributed by atoms with Gasteiger partial charge in [-0.2, -0.15) is 0 Å². The Morgan fingerprint density at radius 3 is 2.06 bits per heavy atom. The number of para-hydroxylation sites is 1. The molecule has 176 valence electrons. The summed E-state index contributed by atoms with van der Waals surface area (Å²) in [5.41, 5.74) is 9.36. The SMILES string of the molecule is COc1cc(-c2nc(-c3ccc(Oc4ccccc4)cc3)c3c(N)nccn23)cc(OC)c1OC. The van der Waals surface area contributed by atoms with Crippen molar-refractivity contribution in [1.82, 2.24) is 14.4 Å². The quantitative estimate of drug-likeness (QED) is 0.339. The molecule has 0 aliphatic rings. The average molecular weight is 469 g/mol. The fourth-order valence-corrected chi connectivity index (χ4v) is 3.98. The molecule has 0 atom stereocenters. The van der Waals surface area contributed by atoms with E-state index in [1.54, 1.807) is 27.5 Å². The number of rotatable bonds is 7. The lowest BCUT2D eigenvalue weighted by atomic mass is 10.1. The van der Waals surface area contributed by atoms with Gasteiger partial charge in [-0.05, 0) is 48.5 Å². The van der Waals surface area contributed by atoms with E-state index >= 15 is 0 Å². The number of nitrogen functional groups attached to an aromatic ring is 1. The van der Waals surface area contributed by atoms with E-state index in [4.69, 9.17) is 29.7 Å². The minimum absolute atomic E-state index is 0.373. The van der Waals surface area contributed by atoms with Crippen molar-refractivity contribution in [2.45, 2.75) is 0 Å². The molecule has 5 aromatic rings. The second-order valence-corrected chi connectivity index (χ2v) is 7.67. The molecule has 35 heavy (non-hydrogen) atoms. The molecule has 8 heteroatoms. The minimum Gasteiger partial charge on any atom is -0.493 e. The summed E-state index contributed by atoms with van der Waals surface area (Å²) >= 11 is 0. The lowest BCUT2D eigenvalue weighted by Crippen LogP contribution is -1.98. The van der Waals surface area contributed by atoms with Crippen LogP contribution in [-0.2, 0) is 0 Å². The number of methoxy groups -OCH3 is 3. The minimum atomic E-state index is 0.373. The molecule has 0 bridgehead atoms. The zero-order chi connectivity index (χ0) is 24.4. The molecule has 0 unspecified atom stereocenters. The molecule has 0 amide bonds. The standard InChI is InChI=1S/C27H24N4O4/c1-32-21-15-18(16-22(33-2)25(21)34-3)27-30-23(24-26(28)29-13-14-31(24)27)17-9-11-20(12-10-17)35-19-7-5-4-6-8-19/h4-16H,1-3H3,(H2,28,29). The van der Waals surface area contributed by atoms with E-state index in [-0.39, 0.29) is 0 Å². The zero-order valence-corrected chi connectivity index (χ0v) is 19.6. The highest BCUT2D eigenvalue weighted by Crippen LogP contribution is 2.42. The number of nitrogens with two attached hydrogens (primary N) is 1. The summed E-state index contributed by atoms with van der Waals surface area (Å²) in [5, 5.41) is 0. The van der Waals surface area contributed by atoms with Crippen molar-refractivity contribution in [1.29, 1.82) is 0 Å². The van der Waals surface area contributed by atoms with Gasteiger partial charge in [0, 0.05) is 23.5 Å². The van der Waals surface area contributed by atoms with Crippen LogP contribution < -0.4 is 24.7 Å². The molecule has 2 heterocycles. The van der Waals surface area contributed by atoms with E-state index in [0.717, 1.165) is 22.6 Å². The largest absolute Gasteiger partial charge is 0.493 e. The van der Waals surface area contributed by atoms with Crippen LogP contribution in [0.5, 0.6) is 28.7 Å². The van der Waals surface area contributed by atoms with Crippen LogP contribution in [-0.4, -0.2) is 35.7 Å². The molecule has 0 aliphatic heterocycles. The molecule has 5 rings (SSSR count). The fraction of sp³-hybridized carbons (Fsp3) is 0.111. The number of benzene rings is 3. The van der Waals surface area contributed by atoms with Crippen LogP contribution >= 0.6 is 0 Å². The van der Waals surface area contributed by atoms with Gasteiger partial charge in [-0.25, -0.2) is 9.97 Å². The predicted molar refractivity (Wildman–Crippen MR) is 134 cm³/mol. The smallest absolute Gasteiger partial charge is 0.203 e. The van der Waals surface area contributed by atoms with Gasteiger partial charge in [0.25, 0.3) is 0 Å². The van der Waals surface area contributed by atoms with Crippen LogP contribution in [0.2, 0.25) is 0 Å². The maximum Gasteiger partial charge on any atom is 0.203 e. The van der Waals surface area contributed by atoms with Gasteiger partial charge in [0.05, 0.1) is 21.3 Å². The summed E-state index contributed by atoms with van der Waals surface area (Å²) in [6.45, 7) is 0. The molecule has 0 saturated heterocycles. The van der Waals surface area contributed by atoms with Crippen molar-refractivity contribution in [3.63, 3.8) is 0 Å². The van der Waals surface area contributed by atoms with Gasteiger partial charge in [-0.1, -0.05) is 18.2 Å². The lowest BCUT2D eigenvalue weighted by molar-refractivity contribution is 0.324. The summed E-state index contributed by atoms with van der Waals surface area (Å²) in [7, 11) is 4.73. The number of anilines is 1. The van der Waals surface area contributed by atoms with E-state index < -0.39 is 0 Å². The van der Waals surface area contributed by atoms with E-state index in [1.807, 2.05) is 77.3 Å². The van der Waals surface area contributed by atoms with Gasteiger partial charge in [-0.15, -0.1) is 0 Å². The lowest BCUT2D eigenvalue weighted by Gasteiger charge is -2.13. The molecule has 8 nitrogen and oxygen atoms in total. The molecule has 0 radical (unpaired) electrons. The summed E-state index contributed by atoms with van der Waals surface area (Å²) in [4.78, 5) is 9.25. The van der Waals surface area contributed by atoms with Crippen LogP contribution in [0, 0.1) is 0 Å². The molecular weight excluding hydrogens is 444 g/mol. The van der Waals surface area contributed by atoms with Gasteiger partial charge in [0.1, 0.15) is 34.4 Å². The van der Waals surface area contributed by atoms with Gasteiger partial charge >= 0.3 is 0 Å². The van der Waals surface area contributed by atoms with Crippen molar-refractivity contribution in [2.24, 2.45) is 0 Å². The summed E-state index contributed by atoms with van der Waals surface area (Å²) < 4.78 is 24.4. The molecule has 2 aromatic heterocycles. The highest BCUT2D eigenvalue weighted by Gasteiger charge is 2.21. The van der Waals surface area contributed by atoms with Gasteiger partial charge in [0.2, 0.25) is 5.75 Å². The van der Waals surface area contributed by atoms with Crippen LogP contribution in [0.3, 0.4) is 0 Å². The number of nitrogens with zero attached hydrogens (tertiary/aromatic N) is 3. The van der Waals surface area contributed by atoms with Crippen LogP contribution in [0.25, 0.3) is 28.2 Å². The Morgan fingerprint density at radius 2 is 1.43 bits per heavy atom. The number of imidazole rings is 1. The second kappa shape index (κ2) is 9.26. The van der Waals surface area contributed by atoms with Gasteiger partial charge in [0.15, 0.2) is 11.5 Å². The van der Waals surface area contributed by atoms with E-state index in [1.165, 1.54) is 0 Å². The first-order valence-corrected chi connectivity index (χ1v) is 10.9. The normalized spacial score (nSPS) is 10.8. The Bertz CT molecular complexity index is 1460. The van der Waals surface area contributed by atoms with Crippen molar-refractivity contribution in [3.8, 4) is 51.4 Å². The van der Waals surface area contributed by atoms with Crippen molar-refractivity contribution in [2.75, 3.05) is 27.1 Å². The first-order valence-electron chi connectivity index (χ1n) is 10.9. The summed E-state index contributed by atoms with van der Waals surface area (Å²) in [6.07, 6.45) is 3.47. The highest BCUT2D eigenvalue weighted by atomic mass is 16.5. The van der Waals surface area contributed by atoms with E-state index in [2.05, 4.69) is 4.98 Å². The van der Waals surface area contributed by atoms with Crippen LogP contribution in [0.15, 0.2) is 79.1 Å². The highest BCUT2D eigenvalue weighted by molar-refractivity contribution is 5.88. The third kappa shape index (κ3) is 4.06. The maximum atomic E-state index is 6.31. The van der Waals surface area contributed by atoms with Crippen LogP contribution in [0.1, 0.15) is 0 Å². The third-order valence-electron chi connectivity index (χ3n) is 5.61. The van der Waals surface area contributed by atoms with E-state index in [0.29, 0.717) is 40.1 Å². The predicted octanol–water partition coefficient (Wildman–Crippen LogP) is 5.46. The number of hydrogen-bond acceptors (Lipinski definition) is 7. The Labute approximate surface area is 202 Å². The second-order valence-electron chi connectivity index (χ2n) is 7.67. The molecule has 3 aromatic carbocycles. The molecular formula is C27H24N4O4. The van der Waals surface area contributed by atoms with Crippen LogP contribution in [0.4, 0.5) is 5.82 Å². The zero-order valence-electron chi connectivity index (χ0n) is 19.6. The van der Waals surface area contributed by atoms with Gasteiger partial charge < -0.3 is 24.7 Å². The van der Waals surface area contributed by atoms with Crippen molar-refractivity contribution in [3.05, 3.63) is 79.1 Å². The molecule has 2 N–H and O–H groups in total. The molecule has 0 fully saturated rings. The Hall–Kier alpha value is -4.72. The first kappa shape index (κ1) is 22.1. The average Bonchev–Trinajstić information content (AvgIpc) is 3.30. The Morgan fingerprint density at radius 1 is 0.771 bits per heavy atom. The molecule has 0 aliphatic carbocycles. The Balaban J connectivity index is 1.62. The number of fused-ring (bicyclic) bond motifs is 1. The van der Waals surface area contributed by atoms with Gasteiger partial charge in [-0.3, -0.25) is 4.40 Å². The number of aromatic nitrogens is 3. The van der Waals surface area contributed by atoms with Crippen molar-refractivity contribution < 1.29 is 18.9 Å². The van der Waals surface area contributed by atoms with E-state index in [9.17, 15) is 0 Å². The third-order valence-corrected chi connectivity index (χ3v) is 5.61. The first-order chi connectivity index (χ1) is 17.1. The maximum absolute atomic E-state index is 6.31. The summed E-state index contributed by atoms with van der Waals surface area (Å²) in [5.74, 6) is 4.10. The Kier molecular flexibility index (Phi) is 5.85. The fourth-order valence-electron chi connectivity index (χ4n) is 3.98. The molecule has 0 spiro atoms. The molecule has 0 saturated carbocycles. The topological polar surface area (TPSA) is 93.1 Å². The summed E-state index contributed by atoms with van der Waals surface area (Å²) in [6, 6.07) is 21.0. The number of ether oxygens (including phenoxy) is 4. The number of hydrogen-bond donors (Lipinski definition) is 1. The monoisotopic (exact) mass is 468 g/mol. The van der Waals surface area contributed by atoms with Crippen molar-refractivity contribution >= 4 is 11.3 Å².